The van der Waals surface area contributed by atoms with Crippen molar-refractivity contribution in [3.63, 3.8) is 0 Å². The van der Waals surface area contributed by atoms with Crippen LogP contribution >= 0.6 is 0 Å². The van der Waals surface area contributed by atoms with Gasteiger partial charge in [0.05, 0.1) is 6.20 Å². The van der Waals surface area contributed by atoms with Crippen LogP contribution in [0.4, 0.5) is 5.82 Å². The van der Waals surface area contributed by atoms with E-state index in [4.69, 9.17) is 5.73 Å². The normalized spacial score (nSPS) is 12.0. The third-order valence-corrected chi connectivity index (χ3v) is 3.27. The number of hydrogen-bond acceptors (Lipinski definition) is 4. The van der Waals surface area contributed by atoms with Crippen LogP contribution in [0.25, 0.3) is 5.52 Å². The van der Waals surface area contributed by atoms with Crippen molar-refractivity contribution in [3.05, 3.63) is 24.7 Å². The molecule has 0 saturated heterocycles. The van der Waals surface area contributed by atoms with Crippen molar-refractivity contribution in [1.29, 1.82) is 0 Å². The van der Waals surface area contributed by atoms with Gasteiger partial charge in [0, 0.05) is 25.5 Å². The number of rotatable bonds is 6. The summed E-state index contributed by atoms with van der Waals surface area (Å²) in [7, 11) is 0. The first kappa shape index (κ1) is 13.8. The molecule has 104 valence electrons. The van der Waals surface area contributed by atoms with Crippen LogP contribution in [-0.2, 0) is 0 Å². The van der Waals surface area contributed by atoms with E-state index in [1.165, 1.54) is 0 Å². The Kier molecular flexibility index (Phi) is 4.04. The molecular formula is C14H23N5. The van der Waals surface area contributed by atoms with Crippen molar-refractivity contribution in [1.82, 2.24) is 14.6 Å². The molecule has 0 amide bonds. The van der Waals surface area contributed by atoms with Crippen LogP contribution in [-0.4, -0.2) is 34.2 Å². The highest BCUT2D eigenvalue weighted by Gasteiger charge is 2.22. The molecular weight excluding hydrogens is 238 g/mol. The van der Waals surface area contributed by atoms with Crippen molar-refractivity contribution in [2.24, 2.45) is 11.1 Å². The Bertz CT molecular complexity index is 531. The predicted octanol–water partition coefficient (Wildman–Crippen LogP) is 1.93. The topological polar surface area (TPSA) is 59.5 Å². The number of aromatic nitrogens is 3. The molecule has 2 rings (SSSR count). The smallest absolute Gasteiger partial charge is 0.154 e. The third kappa shape index (κ3) is 3.04. The molecule has 2 heterocycles. The van der Waals surface area contributed by atoms with Crippen LogP contribution in [0.15, 0.2) is 24.7 Å². The van der Waals surface area contributed by atoms with Gasteiger partial charge in [0.25, 0.3) is 0 Å². The van der Waals surface area contributed by atoms with Crippen molar-refractivity contribution < 1.29 is 0 Å². The van der Waals surface area contributed by atoms with Gasteiger partial charge in [-0.1, -0.05) is 20.8 Å². The SMILES string of the molecule is CCCN(CC(C)(C)CN)c1nccn2nccc12. The average Bonchev–Trinajstić information content (AvgIpc) is 2.86. The predicted molar refractivity (Wildman–Crippen MR) is 78.3 cm³/mol. The fourth-order valence-corrected chi connectivity index (χ4v) is 2.20. The van der Waals surface area contributed by atoms with E-state index in [0.717, 1.165) is 30.8 Å². The van der Waals surface area contributed by atoms with Gasteiger partial charge in [-0.2, -0.15) is 5.10 Å². The lowest BCUT2D eigenvalue weighted by Gasteiger charge is -2.32. The molecule has 0 spiro atoms. The highest BCUT2D eigenvalue weighted by atomic mass is 15.3. The molecule has 2 aromatic heterocycles. The number of anilines is 1. The fourth-order valence-electron chi connectivity index (χ4n) is 2.20. The van der Waals surface area contributed by atoms with Gasteiger partial charge in [0.1, 0.15) is 5.52 Å². The van der Waals surface area contributed by atoms with Gasteiger partial charge < -0.3 is 10.6 Å². The van der Waals surface area contributed by atoms with E-state index < -0.39 is 0 Å². The molecule has 2 aromatic rings. The minimum absolute atomic E-state index is 0.0731. The molecule has 0 fully saturated rings. The van der Waals surface area contributed by atoms with E-state index in [9.17, 15) is 0 Å². The Balaban J connectivity index is 2.35. The number of hydrogen-bond donors (Lipinski definition) is 1. The number of fused-ring (bicyclic) bond motifs is 1. The van der Waals surface area contributed by atoms with Gasteiger partial charge in [0.2, 0.25) is 0 Å². The van der Waals surface area contributed by atoms with Crippen LogP contribution < -0.4 is 10.6 Å². The van der Waals surface area contributed by atoms with E-state index in [0.29, 0.717) is 6.54 Å². The van der Waals surface area contributed by atoms with E-state index in [-0.39, 0.29) is 5.41 Å². The molecule has 0 aromatic carbocycles. The lowest BCUT2D eigenvalue weighted by Crippen LogP contribution is -2.39. The fraction of sp³-hybridized carbons (Fsp3) is 0.571. The second-order valence-electron chi connectivity index (χ2n) is 5.70. The molecule has 0 radical (unpaired) electrons. The summed E-state index contributed by atoms with van der Waals surface area (Å²) in [5.41, 5.74) is 6.98. The molecule has 0 bridgehead atoms. The summed E-state index contributed by atoms with van der Waals surface area (Å²) in [6.07, 6.45) is 6.56. The average molecular weight is 261 g/mol. The summed E-state index contributed by atoms with van der Waals surface area (Å²) >= 11 is 0. The quantitative estimate of drug-likeness (QED) is 0.863. The summed E-state index contributed by atoms with van der Waals surface area (Å²) in [5.74, 6) is 0.989. The van der Waals surface area contributed by atoms with Gasteiger partial charge in [-0.3, -0.25) is 0 Å². The maximum atomic E-state index is 5.86. The molecule has 0 unspecified atom stereocenters. The molecule has 2 N–H and O–H groups in total. The van der Waals surface area contributed by atoms with E-state index >= 15 is 0 Å². The molecule has 5 heteroatoms. The molecule has 0 aliphatic carbocycles. The monoisotopic (exact) mass is 261 g/mol. The summed E-state index contributed by atoms with van der Waals surface area (Å²) < 4.78 is 1.86. The first-order valence-electron chi connectivity index (χ1n) is 6.81. The Labute approximate surface area is 114 Å². The van der Waals surface area contributed by atoms with E-state index in [1.54, 1.807) is 12.4 Å². The molecule has 0 saturated carbocycles. The minimum atomic E-state index is 0.0731. The zero-order valence-corrected chi connectivity index (χ0v) is 12.0. The van der Waals surface area contributed by atoms with Gasteiger partial charge in [-0.05, 0) is 24.4 Å². The number of nitrogens with zero attached hydrogens (tertiary/aromatic N) is 4. The molecule has 0 aliphatic heterocycles. The second-order valence-corrected chi connectivity index (χ2v) is 5.70. The first-order chi connectivity index (χ1) is 9.07. The Morgan fingerprint density at radius 3 is 2.84 bits per heavy atom. The zero-order valence-electron chi connectivity index (χ0n) is 12.0. The Morgan fingerprint density at radius 2 is 2.16 bits per heavy atom. The summed E-state index contributed by atoms with van der Waals surface area (Å²) in [5, 5.41) is 4.26. The molecule has 0 atom stereocenters. The van der Waals surface area contributed by atoms with E-state index in [2.05, 4.69) is 35.8 Å². The molecule has 5 nitrogen and oxygen atoms in total. The van der Waals surface area contributed by atoms with Gasteiger partial charge in [-0.15, -0.1) is 0 Å². The first-order valence-corrected chi connectivity index (χ1v) is 6.81. The van der Waals surface area contributed by atoms with Gasteiger partial charge in [-0.25, -0.2) is 9.50 Å². The maximum Gasteiger partial charge on any atom is 0.154 e. The van der Waals surface area contributed by atoms with Crippen molar-refractivity contribution in [2.75, 3.05) is 24.5 Å². The maximum absolute atomic E-state index is 5.86. The van der Waals surface area contributed by atoms with Gasteiger partial charge in [0.15, 0.2) is 5.82 Å². The lowest BCUT2D eigenvalue weighted by atomic mass is 9.93. The van der Waals surface area contributed by atoms with Crippen molar-refractivity contribution in [3.8, 4) is 0 Å². The van der Waals surface area contributed by atoms with Crippen LogP contribution in [0, 0.1) is 5.41 Å². The standard InChI is InChI=1S/C14H23N5/c1-4-8-18(11-14(2,3)10-15)13-12-5-6-17-19(12)9-7-16-13/h5-7,9H,4,8,10-11,15H2,1-3H3. The largest absolute Gasteiger partial charge is 0.354 e. The highest BCUT2D eigenvalue weighted by molar-refractivity contribution is 5.68. The summed E-state index contributed by atoms with van der Waals surface area (Å²) in [6.45, 7) is 9.09. The molecule has 19 heavy (non-hydrogen) atoms. The summed E-state index contributed by atoms with van der Waals surface area (Å²) in [6, 6.07) is 2.00. The highest BCUT2D eigenvalue weighted by Crippen LogP contribution is 2.23. The van der Waals surface area contributed by atoms with E-state index in [1.807, 2.05) is 16.8 Å². The third-order valence-electron chi connectivity index (χ3n) is 3.27. The van der Waals surface area contributed by atoms with Crippen LogP contribution in [0.3, 0.4) is 0 Å². The lowest BCUT2D eigenvalue weighted by molar-refractivity contribution is 0.376. The van der Waals surface area contributed by atoms with Crippen LogP contribution in [0.1, 0.15) is 27.2 Å². The van der Waals surface area contributed by atoms with Gasteiger partial charge >= 0.3 is 0 Å². The number of nitrogens with two attached hydrogens (primary N) is 1. The van der Waals surface area contributed by atoms with Crippen LogP contribution in [0.2, 0.25) is 0 Å². The summed E-state index contributed by atoms with van der Waals surface area (Å²) in [4.78, 5) is 6.85. The minimum Gasteiger partial charge on any atom is -0.354 e. The molecule has 0 aliphatic rings. The zero-order chi connectivity index (χ0) is 13.9. The van der Waals surface area contributed by atoms with Crippen molar-refractivity contribution in [2.45, 2.75) is 27.2 Å². The van der Waals surface area contributed by atoms with Crippen molar-refractivity contribution >= 4 is 11.3 Å². The Hall–Kier alpha value is -1.62. The van der Waals surface area contributed by atoms with Crippen LogP contribution in [0.5, 0.6) is 0 Å². The second kappa shape index (κ2) is 5.57. The Morgan fingerprint density at radius 1 is 1.37 bits per heavy atom.